The van der Waals surface area contributed by atoms with Crippen LogP contribution in [0.4, 0.5) is 5.69 Å². The molecule has 0 saturated carbocycles. The molecule has 6 nitrogen and oxygen atoms in total. The molecule has 0 N–H and O–H groups in total. The van der Waals surface area contributed by atoms with Gasteiger partial charge in [-0.2, -0.15) is 0 Å². The zero-order valence-electron chi connectivity index (χ0n) is 16.7. The number of amides is 2. The molecule has 1 aromatic carbocycles. The molecule has 0 atom stereocenters. The average molecular weight is 382 g/mol. The maximum atomic E-state index is 12.6. The number of hydrogen-bond donors (Lipinski definition) is 0. The minimum Gasteiger partial charge on any atom is -0.482 e. The third kappa shape index (κ3) is 3.51. The predicted molar refractivity (Wildman–Crippen MR) is 106 cm³/mol. The van der Waals surface area contributed by atoms with E-state index in [9.17, 15) is 9.59 Å². The van der Waals surface area contributed by atoms with Crippen LogP contribution in [0.5, 0.6) is 5.75 Å². The highest BCUT2D eigenvalue weighted by Gasteiger charge is 2.29. The SMILES string of the molecule is CC(C)(C)c1ccc2c(c1)N(Cc1ccc(C(=O)N3CCCC3)o1)C(=O)CO2. The lowest BCUT2D eigenvalue weighted by molar-refractivity contribution is -0.121. The summed E-state index contributed by atoms with van der Waals surface area (Å²) in [6.45, 7) is 8.23. The second-order valence-electron chi connectivity index (χ2n) is 8.47. The van der Waals surface area contributed by atoms with Crippen molar-refractivity contribution in [3.63, 3.8) is 0 Å². The van der Waals surface area contributed by atoms with Gasteiger partial charge in [0, 0.05) is 13.1 Å². The number of furan rings is 1. The molecule has 0 bridgehead atoms. The van der Waals surface area contributed by atoms with Crippen molar-refractivity contribution in [3.8, 4) is 5.75 Å². The summed E-state index contributed by atoms with van der Waals surface area (Å²) in [6.07, 6.45) is 2.07. The molecule has 1 saturated heterocycles. The molecule has 2 aromatic rings. The van der Waals surface area contributed by atoms with Crippen LogP contribution >= 0.6 is 0 Å². The lowest BCUT2D eigenvalue weighted by Gasteiger charge is -2.31. The maximum absolute atomic E-state index is 12.6. The van der Waals surface area contributed by atoms with Gasteiger partial charge in [-0.25, -0.2) is 0 Å². The van der Waals surface area contributed by atoms with E-state index in [4.69, 9.17) is 9.15 Å². The minimum absolute atomic E-state index is 0.00212. The van der Waals surface area contributed by atoms with Gasteiger partial charge in [0.25, 0.3) is 11.8 Å². The normalized spacial score (nSPS) is 16.9. The van der Waals surface area contributed by atoms with Crippen molar-refractivity contribution >= 4 is 17.5 Å². The number of ether oxygens (including phenoxy) is 1. The van der Waals surface area contributed by atoms with E-state index in [1.165, 1.54) is 0 Å². The Kier molecular flexibility index (Phi) is 4.65. The molecule has 2 aliphatic rings. The number of rotatable bonds is 3. The summed E-state index contributed by atoms with van der Waals surface area (Å²) in [5, 5.41) is 0. The number of carbonyl (C=O) groups is 2. The van der Waals surface area contributed by atoms with Crippen LogP contribution in [0.25, 0.3) is 0 Å². The molecule has 2 aliphatic heterocycles. The van der Waals surface area contributed by atoms with Crippen LogP contribution < -0.4 is 9.64 Å². The highest BCUT2D eigenvalue weighted by atomic mass is 16.5. The summed E-state index contributed by atoms with van der Waals surface area (Å²) in [7, 11) is 0. The zero-order valence-corrected chi connectivity index (χ0v) is 16.7. The lowest BCUT2D eigenvalue weighted by atomic mass is 9.86. The van der Waals surface area contributed by atoms with E-state index in [-0.39, 0.29) is 30.4 Å². The summed E-state index contributed by atoms with van der Waals surface area (Å²) < 4.78 is 11.4. The first kappa shape index (κ1) is 18.6. The maximum Gasteiger partial charge on any atom is 0.289 e. The fraction of sp³-hybridized carbons (Fsp3) is 0.455. The first-order chi connectivity index (χ1) is 13.3. The molecule has 28 heavy (non-hydrogen) atoms. The second kappa shape index (κ2) is 7.00. The van der Waals surface area contributed by atoms with Crippen LogP contribution in [-0.2, 0) is 16.8 Å². The first-order valence-electron chi connectivity index (χ1n) is 9.78. The van der Waals surface area contributed by atoms with Gasteiger partial charge in [-0.05, 0) is 48.1 Å². The highest BCUT2D eigenvalue weighted by molar-refractivity contribution is 5.98. The Balaban J connectivity index is 1.58. The van der Waals surface area contributed by atoms with Crippen molar-refractivity contribution in [2.24, 2.45) is 0 Å². The Labute approximate surface area is 165 Å². The number of likely N-dealkylation sites (tertiary alicyclic amines) is 1. The van der Waals surface area contributed by atoms with Gasteiger partial charge in [-0.3, -0.25) is 14.5 Å². The molecule has 3 heterocycles. The molecule has 0 spiro atoms. The van der Waals surface area contributed by atoms with Gasteiger partial charge >= 0.3 is 0 Å². The van der Waals surface area contributed by atoms with Gasteiger partial charge in [0.1, 0.15) is 11.5 Å². The van der Waals surface area contributed by atoms with Crippen LogP contribution in [0.15, 0.2) is 34.7 Å². The molecule has 0 radical (unpaired) electrons. The molecule has 6 heteroatoms. The number of benzene rings is 1. The summed E-state index contributed by atoms with van der Waals surface area (Å²) in [5.74, 6) is 1.41. The predicted octanol–water partition coefficient (Wildman–Crippen LogP) is 3.74. The minimum atomic E-state index is -0.123. The van der Waals surface area contributed by atoms with E-state index in [1.54, 1.807) is 17.0 Å². The van der Waals surface area contributed by atoms with Crippen LogP contribution in [0.1, 0.15) is 55.5 Å². The van der Waals surface area contributed by atoms with Crippen LogP contribution in [0.3, 0.4) is 0 Å². The largest absolute Gasteiger partial charge is 0.482 e. The second-order valence-corrected chi connectivity index (χ2v) is 8.47. The molecular formula is C22H26N2O4. The third-order valence-corrected chi connectivity index (χ3v) is 5.35. The van der Waals surface area contributed by atoms with Gasteiger partial charge in [0.15, 0.2) is 12.4 Å². The Hall–Kier alpha value is -2.76. The van der Waals surface area contributed by atoms with Gasteiger partial charge in [0.2, 0.25) is 0 Å². The van der Waals surface area contributed by atoms with Crippen molar-refractivity contribution < 1.29 is 18.7 Å². The monoisotopic (exact) mass is 382 g/mol. The number of nitrogens with zero attached hydrogens (tertiary/aromatic N) is 2. The van der Waals surface area contributed by atoms with Crippen molar-refractivity contribution in [2.75, 3.05) is 24.6 Å². The highest BCUT2D eigenvalue weighted by Crippen LogP contribution is 2.37. The third-order valence-electron chi connectivity index (χ3n) is 5.35. The topological polar surface area (TPSA) is 63.0 Å². The van der Waals surface area contributed by atoms with Gasteiger partial charge in [-0.1, -0.05) is 26.8 Å². The Morgan fingerprint density at radius 3 is 2.57 bits per heavy atom. The summed E-state index contributed by atoms with van der Waals surface area (Å²) in [6, 6.07) is 9.44. The Morgan fingerprint density at radius 2 is 1.86 bits per heavy atom. The number of fused-ring (bicyclic) bond motifs is 1. The van der Waals surface area contributed by atoms with Crippen molar-refractivity contribution in [1.82, 2.24) is 4.90 Å². The molecule has 1 fully saturated rings. The summed E-state index contributed by atoms with van der Waals surface area (Å²) >= 11 is 0. The van der Waals surface area contributed by atoms with Gasteiger partial charge < -0.3 is 14.1 Å². The van der Waals surface area contributed by atoms with Crippen LogP contribution in [0, 0.1) is 0 Å². The summed E-state index contributed by atoms with van der Waals surface area (Å²) in [5.41, 5.74) is 1.83. The van der Waals surface area contributed by atoms with Gasteiger partial charge in [0.05, 0.1) is 12.2 Å². The van der Waals surface area contributed by atoms with Crippen molar-refractivity contribution in [1.29, 1.82) is 0 Å². The van der Waals surface area contributed by atoms with Crippen molar-refractivity contribution in [2.45, 2.75) is 45.6 Å². The number of carbonyl (C=O) groups excluding carboxylic acids is 2. The van der Waals surface area contributed by atoms with Crippen LogP contribution in [0.2, 0.25) is 0 Å². The van der Waals surface area contributed by atoms with E-state index in [0.717, 1.165) is 37.2 Å². The van der Waals surface area contributed by atoms with E-state index >= 15 is 0 Å². The Bertz CT molecular complexity index is 904. The Morgan fingerprint density at radius 1 is 1.11 bits per heavy atom. The molecule has 4 rings (SSSR count). The van der Waals surface area contributed by atoms with E-state index in [0.29, 0.717) is 17.3 Å². The lowest BCUT2D eigenvalue weighted by Crippen LogP contribution is -2.38. The fourth-order valence-electron chi connectivity index (χ4n) is 3.65. The molecule has 1 aromatic heterocycles. The smallest absolute Gasteiger partial charge is 0.289 e. The molecule has 148 valence electrons. The summed E-state index contributed by atoms with van der Waals surface area (Å²) in [4.78, 5) is 28.5. The number of hydrogen-bond acceptors (Lipinski definition) is 4. The van der Waals surface area contributed by atoms with E-state index in [1.807, 2.05) is 23.1 Å². The van der Waals surface area contributed by atoms with Gasteiger partial charge in [-0.15, -0.1) is 0 Å². The fourth-order valence-corrected chi connectivity index (χ4v) is 3.65. The molecule has 0 aliphatic carbocycles. The average Bonchev–Trinajstić information content (AvgIpc) is 3.34. The molecule has 0 unspecified atom stereocenters. The molecule has 2 amide bonds. The van der Waals surface area contributed by atoms with Crippen LogP contribution in [-0.4, -0.2) is 36.4 Å². The number of anilines is 1. The quantitative estimate of drug-likeness (QED) is 0.811. The zero-order chi connectivity index (χ0) is 19.9. The van der Waals surface area contributed by atoms with E-state index < -0.39 is 0 Å². The first-order valence-corrected chi connectivity index (χ1v) is 9.78. The van der Waals surface area contributed by atoms with Crippen molar-refractivity contribution in [3.05, 3.63) is 47.4 Å². The standard InChI is InChI=1S/C22H26N2O4/c1-22(2,3)15-6-8-18-17(12-15)24(20(25)14-27-18)13-16-7-9-19(28-16)21(26)23-10-4-5-11-23/h6-9,12H,4-5,10-11,13-14H2,1-3H3. The molecular weight excluding hydrogens is 356 g/mol. The van der Waals surface area contributed by atoms with E-state index in [2.05, 4.69) is 20.8 Å².